The van der Waals surface area contributed by atoms with Crippen LogP contribution in [-0.4, -0.2) is 61.4 Å². The maximum atomic E-state index is 11.8. The molecule has 0 aromatic heterocycles. The number of amides is 1. The molecule has 7 nitrogen and oxygen atoms in total. The summed E-state index contributed by atoms with van der Waals surface area (Å²) >= 11 is 0. The van der Waals surface area contributed by atoms with Crippen LogP contribution in [0.25, 0.3) is 0 Å². The summed E-state index contributed by atoms with van der Waals surface area (Å²) in [6.45, 7) is 3.79. The lowest BCUT2D eigenvalue weighted by Crippen LogP contribution is -2.46. The number of hydrogen-bond donors (Lipinski definition) is 1. The van der Waals surface area contributed by atoms with Gasteiger partial charge in [0.1, 0.15) is 0 Å². The molecule has 0 bridgehead atoms. The highest BCUT2D eigenvalue weighted by Gasteiger charge is 2.27. The van der Waals surface area contributed by atoms with Crippen LogP contribution in [0, 0.1) is 5.92 Å². The van der Waals surface area contributed by atoms with Crippen LogP contribution in [0.1, 0.15) is 36.8 Å². The number of methoxy groups -OCH3 is 1. The molecule has 2 saturated heterocycles. The molecule has 152 valence electrons. The van der Waals surface area contributed by atoms with Crippen LogP contribution >= 0.6 is 0 Å². The number of rotatable bonds is 5. The van der Waals surface area contributed by atoms with Crippen LogP contribution < -0.4 is 5.32 Å². The molecule has 3 rings (SSSR count). The number of guanidine groups is 1. The lowest BCUT2D eigenvalue weighted by Gasteiger charge is -2.33. The first kappa shape index (κ1) is 20.2. The molecule has 0 unspecified atom stereocenters. The molecule has 1 N–H and O–H groups in total. The van der Waals surface area contributed by atoms with Gasteiger partial charge >= 0.3 is 5.97 Å². The Labute approximate surface area is 166 Å². The number of hydrogen-bond acceptors (Lipinski definition) is 4. The molecule has 0 saturated carbocycles. The Morgan fingerprint density at radius 1 is 1.25 bits per heavy atom. The molecular formula is C21H30N4O3. The molecule has 2 aliphatic rings. The van der Waals surface area contributed by atoms with Gasteiger partial charge in [-0.15, -0.1) is 0 Å². The highest BCUT2D eigenvalue weighted by Crippen LogP contribution is 2.19. The van der Waals surface area contributed by atoms with Gasteiger partial charge < -0.3 is 19.9 Å². The normalized spacial score (nSPS) is 18.5. The number of carbonyl (C=O) groups is 2. The fourth-order valence-electron chi connectivity index (χ4n) is 3.94. The molecule has 0 atom stereocenters. The zero-order chi connectivity index (χ0) is 19.9. The van der Waals surface area contributed by atoms with Crippen molar-refractivity contribution < 1.29 is 14.3 Å². The number of benzene rings is 1. The maximum Gasteiger partial charge on any atom is 0.308 e. The Hall–Kier alpha value is -2.57. The number of ether oxygens (including phenoxy) is 1. The van der Waals surface area contributed by atoms with Crippen molar-refractivity contribution in [1.82, 2.24) is 15.1 Å². The van der Waals surface area contributed by atoms with Gasteiger partial charge in [-0.3, -0.25) is 14.6 Å². The van der Waals surface area contributed by atoms with Crippen LogP contribution in [0.3, 0.4) is 0 Å². The van der Waals surface area contributed by atoms with E-state index in [0.717, 1.165) is 56.0 Å². The molecule has 1 aromatic carbocycles. The summed E-state index contributed by atoms with van der Waals surface area (Å²) < 4.78 is 4.85. The monoisotopic (exact) mass is 386 g/mol. The van der Waals surface area contributed by atoms with Crippen molar-refractivity contribution in [2.24, 2.45) is 10.9 Å². The van der Waals surface area contributed by atoms with Crippen LogP contribution in [0.4, 0.5) is 0 Å². The fourth-order valence-corrected chi connectivity index (χ4v) is 3.94. The lowest BCUT2D eigenvalue weighted by molar-refractivity contribution is -0.146. The van der Waals surface area contributed by atoms with Gasteiger partial charge in [0, 0.05) is 46.2 Å². The molecule has 28 heavy (non-hydrogen) atoms. The van der Waals surface area contributed by atoms with E-state index in [1.54, 1.807) is 7.05 Å². The molecule has 1 aromatic rings. The molecule has 7 heteroatoms. The van der Waals surface area contributed by atoms with E-state index in [9.17, 15) is 9.59 Å². The first-order valence-corrected chi connectivity index (χ1v) is 9.99. The summed E-state index contributed by atoms with van der Waals surface area (Å²) in [6.07, 6.45) is 3.20. The molecule has 0 spiro atoms. The molecule has 0 radical (unpaired) electrons. The Balaban J connectivity index is 1.52. The van der Waals surface area contributed by atoms with E-state index in [1.165, 1.54) is 7.11 Å². The molecule has 2 fully saturated rings. The van der Waals surface area contributed by atoms with Gasteiger partial charge in [-0.25, -0.2) is 0 Å². The van der Waals surface area contributed by atoms with Crippen LogP contribution in [0.5, 0.6) is 0 Å². The number of carbonyl (C=O) groups excluding carboxylic acids is 2. The van der Waals surface area contributed by atoms with E-state index < -0.39 is 0 Å². The summed E-state index contributed by atoms with van der Waals surface area (Å²) in [5.41, 5.74) is 2.32. The molecule has 2 heterocycles. The number of esters is 1. The highest BCUT2D eigenvalue weighted by molar-refractivity contribution is 5.80. The average Bonchev–Trinajstić information content (AvgIpc) is 3.13. The minimum absolute atomic E-state index is 0.00987. The molecule has 1 amide bonds. The van der Waals surface area contributed by atoms with E-state index in [-0.39, 0.29) is 17.8 Å². The van der Waals surface area contributed by atoms with Crippen molar-refractivity contribution in [3.8, 4) is 0 Å². The SMILES string of the molecule is CN=C(NCc1cccc(CN2CCCC2=O)c1)N1CCC(C(=O)OC)CC1. The summed E-state index contributed by atoms with van der Waals surface area (Å²) in [5, 5.41) is 3.42. The zero-order valence-corrected chi connectivity index (χ0v) is 16.8. The first-order valence-electron chi connectivity index (χ1n) is 9.99. The Morgan fingerprint density at radius 3 is 2.64 bits per heavy atom. The Morgan fingerprint density at radius 2 is 2.00 bits per heavy atom. The van der Waals surface area contributed by atoms with Crippen molar-refractivity contribution in [1.29, 1.82) is 0 Å². The van der Waals surface area contributed by atoms with Crippen molar-refractivity contribution in [2.75, 3.05) is 33.8 Å². The average molecular weight is 386 g/mol. The maximum absolute atomic E-state index is 11.8. The number of aliphatic imine (C=N–C) groups is 1. The van der Waals surface area contributed by atoms with Crippen molar-refractivity contribution in [3.05, 3.63) is 35.4 Å². The van der Waals surface area contributed by atoms with E-state index in [4.69, 9.17) is 4.74 Å². The summed E-state index contributed by atoms with van der Waals surface area (Å²) in [7, 11) is 3.23. The van der Waals surface area contributed by atoms with Gasteiger partial charge in [0.15, 0.2) is 5.96 Å². The summed E-state index contributed by atoms with van der Waals surface area (Å²) in [5.74, 6) is 0.975. The van der Waals surface area contributed by atoms with E-state index >= 15 is 0 Å². The fraction of sp³-hybridized carbons (Fsp3) is 0.571. The molecule has 2 aliphatic heterocycles. The quantitative estimate of drug-likeness (QED) is 0.474. The first-order chi connectivity index (χ1) is 13.6. The lowest BCUT2D eigenvalue weighted by atomic mass is 9.97. The smallest absolute Gasteiger partial charge is 0.308 e. The van der Waals surface area contributed by atoms with E-state index in [2.05, 4.69) is 33.4 Å². The Bertz CT molecular complexity index is 726. The van der Waals surface area contributed by atoms with Crippen LogP contribution in [0.15, 0.2) is 29.3 Å². The van der Waals surface area contributed by atoms with Crippen molar-refractivity contribution in [2.45, 2.75) is 38.8 Å². The molecule has 0 aliphatic carbocycles. The zero-order valence-electron chi connectivity index (χ0n) is 16.8. The highest BCUT2D eigenvalue weighted by atomic mass is 16.5. The van der Waals surface area contributed by atoms with E-state index in [0.29, 0.717) is 19.5 Å². The van der Waals surface area contributed by atoms with E-state index in [1.807, 2.05) is 11.0 Å². The van der Waals surface area contributed by atoms with Gasteiger partial charge in [0.2, 0.25) is 5.91 Å². The van der Waals surface area contributed by atoms with Crippen LogP contribution in [0.2, 0.25) is 0 Å². The van der Waals surface area contributed by atoms with Crippen molar-refractivity contribution in [3.63, 3.8) is 0 Å². The summed E-state index contributed by atoms with van der Waals surface area (Å²) in [4.78, 5) is 32.0. The second kappa shape index (κ2) is 9.57. The number of piperidine rings is 1. The third kappa shape index (κ3) is 5.03. The third-order valence-corrected chi connectivity index (χ3v) is 5.53. The van der Waals surface area contributed by atoms with Crippen LogP contribution in [-0.2, 0) is 27.4 Å². The minimum Gasteiger partial charge on any atom is -0.469 e. The topological polar surface area (TPSA) is 74.2 Å². The van der Waals surface area contributed by atoms with Gasteiger partial charge in [0.05, 0.1) is 13.0 Å². The minimum atomic E-state index is -0.115. The van der Waals surface area contributed by atoms with Gasteiger partial charge in [-0.2, -0.15) is 0 Å². The Kier molecular flexibility index (Phi) is 6.90. The molecular weight excluding hydrogens is 356 g/mol. The number of likely N-dealkylation sites (tertiary alicyclic amines) is 2. The van der Waals surface area contributed by atoms with Gasteiger partial charge in [-0.05, 0) is 30.4 Å². The second-order valence-electron chi connectivity index (χ2n) is 7.42. The van der Waals surface area contributed by atoms with Crippen molar-refractivity contribution >= 4 is 17.8 Å². The standard InChI is InChI=1S/C21H30N4O3/c1-22-21(24-11-8-18(9-12-24)20(27)28-2)23-14-16-5-3-6-17(13-16)15-25-10-4-7-19(25)26/h3,5-6,13,18H,4,7-12,14-15H2,1-2H3,(H,22,23). The van der Waals surface area contributed by atoms with Gasteiger partial charge in [-0.1, -0.05) is 24.3 Å². The number of nitrogens with one attached hydrogen (secondary N) is 1. The summed E-state index contributed by atoms with van der Waals surface area (Å²) in [6, 6.07) is 8.34. The predicted molar refractivity (Wildman–Crippen MR) is 108 cm³/mol. The largest absolute Gasteiger partial charge is 0.469 e. The third-order valence-electron chi connectivity index (χ3n) is 5.53. The predicted octanol–water partition coefficient (Wildman–Crippen LogP) is 1.77. The van der Waals surface area contributed by atoms with Gasteiger partial charge in [0.25, 0.3) is 0 Å². The number of nitrogens with zero attached hydrogens (tertiary/aromatic N) is 3. The second-order valence-corrected chi connectivity index (χ2v) is 7.42.